The lowest BCUT2D eigenvalue weighted by atomic mass is 10.1. The van der Waals surface area contributed by atoms with Gasteiger partial charge in [-0.3, -0.25) is 0 Å². The van der Waals surface area contributed by atoms with Crippen LogP contribution in [0.1, 0.15) is 58.8 Å². The molecule has 0 aliphatic carbocycles. The third-order valence-electron chi connectivity index (χ3n) is 3.37. The molecule has 0 aliphatic rings. The van der Waals surface area contributed by atoms with Crippen LogP contribution >= 0.6 is 0 Å². The molecule has 5 heteroatoms. The average molecular weight is 294 g/mol. The minimum absolute atomic E-state index is 0.705. The van der Waals surface area contributed by atoms with Crippen molar-refractivity contribution in [3.05, 3.63) is 6.33 Å². The SMILES string of the molecule is CCCCCCCCNc1ncnc(NCCC)c1OC. The smallest absolute Gasteiger partial charge is 0.204 e. The van der Waals surface area contributed by atoms with Gasteiger partial charge in [-0.05, 0) is 12.8 Å². The first-order valence-electron chi connectivity index (χ1n) is 8.20. The van der Waals surface area contributed by atoms with Crippen LogP contribution in [0, 0.1) is 0 Å². The molecule has 0 bridgehead atoms. The fraction of sp³-hybridized carbons (Fsp3) is 0.750. The van der Waals surface area contributed by atoms with Crippen molar-refractivity contribution in [1.29, 1.82) is 0 Å². The van der Waals surface area contributed by atoms with E-state index in [4.69, 9.17) is 4.74 Å². The van der Waals surface area contributed by atoms with Gasteiger partial charge in [0.1, 0.15) is 6.33 Å². The summed E-state index contributed by atoms with van der Waals surface area (Å²) in [7, 11) is 1.66. The lowest BCUT2D eigenvalue weighted by Gasteiger charge is -2.13. The van der Waals surface area contributed by atoms with Gasteiger partial charge < -0.3 is 15.4 Å². The van der Waals surface area contributed by atoms with E-state index in [1.54, 1.807) is 13.4 Å². The van der Waals surface area contributed by atoms with Crippen molar-refractivity contribution >= 4 is 11.6 Å². The van der Waals surface area contributed by atoms with E-state index in [0.29, 0.717) is 5.75 Å². The van der Waals surface area contributed by atoms with E-state index in [1.807, 2.05) is 0 Å². The standard InChI is InChI=1S/C16H30N4O/c1-4-6-7-8-9-10-12-18-16-14(21-3)15(17-11-5-2)19-13-20-16/h13H,4-12H2,1-3H3,(H2,17,18,19,20). The van der Waals surface area contributed by atoms with Gasteiger partial charge in [0.05, 0.1) is 7.11 Å². The molecule has 5 nitrogen and oxygen atoms in total. The van der Waals surface area contributed by atoms with Gasteiger partial charge in [0.2, 0.25) is 5.75 Å². The molecular weight excluding hydrogens is 264 g/mol. The monoisotopic (exact) mass is 294 g/mol. The van der Waals surface area contributed by atoms with Crippen molar-refractivity contribution in [3.63, 3.8) is 0 Å². The van der Waals surface area contributed by atoms with Crippen LogP contribution in [0.2, 0.25) is 0 Å². The Balaban J connectivity index is 2.39. The summed E-state index contributed by atoms with van der Waals surface area (Å²) >= 11 is 0. The van der Waals surface area contributed by atoms with Crippen molar-refractivity contribution in [2.45, 2.75) is 58.8 Å². The van der Waals surface area contributed by atoms with E-state index in [0.717, 1.165) is 37.6 Å². The molecule has 0 atom stereocenters. The Morgan fingerprint density at radius 2 is 1.48 bits per heavy atom. The van der Waals surface area contributed by atoms with E-state index in [9.17, 15) is 0 Å². The van der Waals surface area contributed by atoms with Gasteiger partial charge >= 0.3 is 0 Å². The van der Waals surface area contributed by atoms with E-state index in [-0.39, 0.29) is 0 Å². The average Bonchev–Trinajstić information content (AvgIpc) is 2.52. The molecule has 0 saturated carbocycles. The van der Waals surface area contributed by atoms with Crippen LogP contribution in [0.15, 0.2) is 6.33 Å². The summed E-state index contributed by atoms with van der Waals surface area (Å²) < 4.78 is 5.43. The maximum absolute atomic E-state index is 5.43. The van der Waals surface area contributed by atoms with Crippen LogP contribution in [0.4, 0.5) is 11.6 Å². The molecule has 0 fully saturated rings. The third kappa shape index (κ3) is 6.65. The number of nitrogens with one attached hydrogen (secondary N) is 2. The number of hydrogen-bond acceptors (Lipinski definition) is 5. The van der Waals surface area contributed by atoms with Crippen LogP contribution < -0.4 is 15.4 Å². The molecule has 1 heterocycles. The highest BCUT2D eigenvalue weighted by Gasteiger charge is 2.10. The highest BCUT2D eigenvalue weighted by atomic mass is 16.5. The summed E-state index contributed by atoms with van der Waals surface area (Å²) in [5, 5.41) is 6.62. The molecule has 0 unspecified atom stereocenters. The minimum Gasteiger partial charge on any atom is -0.490 e. The van der Waals surface area contributed by atoms with Gasteiger partial charge in [0.25, 0.3) is 0 Å². The number of anilines is 2. The van der Waals surface area contributed by atoms with Gasteiger partial charge in [-0.15, -0.1) is 0 Å². The zero-order valence-electron chi connectivity index (χ0n) is 13.7. The van der Waals surface area contributed by atoms with Crippen LogP contribution in [0.3, 0.4) is 0 Å². The quantitative estimate of drug-likeness (QED) is 0.569. The summed E-state index contributed by atoms with van der Waals surface area (Å²) in [6.07, 6.45) is 10.4. The topological polar surface area (TPSA) is 59.1 Å². The summed E-state index contributed by atoms with van der Waals surface area (Å²) in [6, 6.07) is 0. The summed E-state index contributed by atoms with van der Waals surface area (Å²) in [6.45, 7) is 6.17. The molecular formula is C16H30N4O. The van der Waals surface area contributed by atoms with Crippen LogP contribution in [-0.4, -0.2) is 30.2 Å². The van der Waals surface area contributed by atoms with Gasteiger partial charge in [0.15, 0.2) is 11.6 Å². The highest BCUT2D eigenvalue weighted by Crippen LogP contribution is 2.28. The maximum atomic E-state index is 5.43. The second kappa shape index (κ2) is 11.2. The lowest BCUT2D eigenvalue weighted by Crippen LogP contribution is -2.09. The van der Waals surface area contributed by atoms with Crippen LogP contribution in [0.5, 0.6) is 5.75 Å². The number of nitrogens with zero attached hydrogens (tertiary/aromatic N) is 2. The van der Waals surface area contributed by atoms with Gasteiger partial charge in [-0.1, -0.05) is 46.0 Å². The molecule has 1 aromatic heterocycles. The lowest BCUT2D eigenvalue weighted by molar-refractivity contribution is 0.414. The molecule has 0 aromatic carbocycles. The second-order valence-corrected chi connectivity index (χ2v) is 5.23. The fourth-order valence-corrected chi connectivity index (χ4v) is 2.17. The number of unbranched alkanes of at least 4 members (excludes halogenated alkanes) is 5. The molecule has 0 saturated heterocycles. The zero-order valence-corrected chi connectivity index (χ0v) is 13.7. The largest absolute Gasteiger partial charge is 0.490 e. The Morgan fingerprint density at radius 3 is 2.10 bits per heavy atom. The molecule has 0 aliphatic heterocycles. The summed E-state index contributed by atoms with van der Waals surface area (Å²) in [5.41, 5.74) is 0. The molecule has 0 radical (unpaired) electrons. The first-order chi connectivity index (χ1) is 10.3. The summed E-state index contributed by atoms with van der Waals surface area (Å²) in [5.74, 6) is 2.25. The van der Waals surface area contributed by atoms with Crippen molar-refractivity contribution in [2.75, 3.05) is 30.8 Å². The number of hydrogen-bond donors (Lipinski definition) is 2. The predicted octanol–water partition coefficient (Wildman–Crippen LogP) is 4.08. The van der Waals surface area contributed by atoms with E-state index < -0.39 is 0 Å². The predicted molar refractivity (Wildman–Crippen MR) is 89.2 cm³/mol. The Hall–Kier alpha value is -1.52. The van der Waals surface area contributed by atoms with E-state index >= 15 is 0 Å². The van der Waals surface area contributed by atoms with Crippen LogP contribution in [0.25, 0.3) is 0 Å². The van der Waals surface area contributed by atoms with Crippen molar-refractivity contribution in [1.82, 2.24) is 9.97 Å². The number of aromatic nitrogens is 2. The second-order valence-electron chi connectivity index (χ2n) is 5.23. The minimum atomic E-state index is 0.705. The van der Waals surface area contributed by atoms with Gasteiger partial charge in [0, 0.05) is 13.1 Å². The van der Waals surface area contributed by atoms with Gasteiger partial charge in [-0.25, -0.2) is 9.97 Å². The van der Waals surface area contributed by atoms with E-state index in [1.165, 1.54) is 32.1 Å². The highest BCUT2D eigenvalue weighted by molar-refractivity contribution is 5.63. The Bertz CT molecular complexity index is 385. The van der Waals surface area contributed by atoms with Crippen molar-refractivity contribution < 1.29 is 4.74 Å². The molecule has 0 spiro atoms. The molecule has 21 heavy (non-hydrogen) atoms. The molecule has 2 N–H and O–H groups in total. The summed E-state index contributed by atoms with van der Waals surface area (Å²) in [4.78, 5) is 8.52. The van der Waals surface area contributed by atoms with Gasteiger partial charge in [-0.2, -0.15) is 0 Å². The molecule has 120 valence electrons. The number of rotatable bonds is 12. The first kappa shape index (κ1) is 17.5. The maximum Gasteiger partial charge on any atom is 0.204 e. The number of ether oxygens (including phenoxy) is 1. The van der Waals surface area contributed by atoms with Crippen LogP contribution in [-0.2, 0) is 0 Å². The third-order valence-corrected chi connectivity index (χ3v) is 3.37. The molecule has 0 amide bonds. The fourth-order valence-electron chi connectivity index (χ4n) is 2.17. The Morgan fingerprint density at radius 1 is 0.857 bits per heavy atom. The Labute approximate surface area is 128 Å². The van der Waals surface area contributed by atoms with Crippen molar-refractivity contribution in [2.24, 2.45) is 0 Å². The zero-order chi connectivity index (χ0) is 15.3. The Kier molecular flexibility index (Phi) is 9.33. The molecule has 1 rings (SSSR count). The number of methoxy groups -OCH3 is 1. The molecule has 1 aromatic rings. The normalized spacial score (nSPS) is 10.4. The van der Waals surface area contributed by atoms with E-state index in [2.05, 4.69) is 34.4 Å². The first-order valence-corrected chi connectivity index (χ1v) is 8.20. The van der Waals surface area contributed by atoms with Crippen molar-refractivity contribution in [3.8, 4) is 5.75 Å².